The largest absolute Gasteiger partial charge is 0.480 e. The molecule has 1 rings (SSSR count). The van der Waals surface area contributed by atoms with Crippen molar-refractivity contribution in [1.82, 2.24) is 9.88 Å². The van der Waals surface area contributed by atoms with E-state index in [0.29, 0.717) is 4.47 Å². The summed E-state index contributed by atoms with van der Waals surface area (Å²) in [5, 5.41) is 11.3. The summed E-state index contributed by atoms with van der Waals surface area (Å²) in [6.45, 7) is 0. The number of aliphatic carboxylic acids is 1. The molecule has 0 saturated carbocycles. The Morgan fingerprint density at radius 2 is 2.10 bits per heavy atom. The molecule has 112 valence electrons. The second-order valence-electron chi connectivity index (χ2n) is 4.44. The third kappa shape index (κ3) is 4.97. The van der Waals surface area contributed by atoms with E-state index in [4.69, 9.17) is 5.11 Å². The van der Waals surface area contributed by atoms with Gasteiger partial charge in [-0.3, -0.25) is 4.79 Å². The molecule has 7 nitrogen and oxygen atoms in total. The Hall–Kier alpha value is -1.35. The molecule has 0 spiro atoms. The summed E-state index contributed by atoms with van der Waals surface area (Å²) in [5.74, 6) is -2.14. The Kier molecular flexibility index (Phi) is 5.35. The van der Waals surface area contributed by atoms with E-state index in [1.807, 2.05) is 0 Å². The lowest BCUT2D eigenvalue weighted by atomic mass is 10.2. The first-order valence-electron chi connectivity index (χ1n) is 5.63. The summed E-state index contributed by atoms with van der Waals surface area (Å²) in [5.41, 5.74) is 0.280. The zero-order chi connectivity index (χ0) is 15.5. The fourth-order valence-electron chi connectivity index (χ4n) is 1.57. The third-order valence-corrected chi connectivity index (χ3v) is 4.00. The van der Waals surface area contributed by atoms with Crippen molar-refractivity contribution in [2.45, 2.75) is 12.5 Å². The first-order chi connectivity index (χ1) is 9.10. The maximum atomic E-state index is 12.0. The molecule has 0 aliphatic rings. The molecule has 1 amide bonds. The number of aromatic nitrogens is 1. The van der Waals surface area contributed by atoms with E-state index in [0.717, 1.165) is 6.26 Å². The van der Waals surface area contributed by atoms with Crippen LogP contribution in [0.2, 0.25) is 0 Å². The summed E-state index contributed by atoms with van der Waals surface area (Å²) >= 11 is 3.21. The van der Waals surface area contributed by atoms with E-state index in [9.17, 15) is 18.0 Å². The standard InChI is InChI=1S/C11H15BrN2O5S/c1-14-6-7(12)5-9(14)10(15)13-8(11(16)17)3-4-20(2,18)19/h5-6,8H,3-4H2,1-2H3,(H,13,15)(H,16,17). The first kappa shape index (κ1) is 16.7. The molecule has 1 unspecified atom stereocenters. The van der Waals surface area contributed by atoms with Gasteiger partial charge in [0.1, 0.15) is 21.6 Å². The highest BCUT2D eigenvalue weighted by molar-refractivity contribution is 9.10. The molecule has 20 heavy (non-hydrogen) atoms. The predicted molar refractivity (Wildman–Crippen MR) is 76.3 cm³/mol. The van der Waals surface area contributed by atoms with E-state index in [1.54, 1.807) is 19.3 Å². The molecular formula is C11H15BrN2O5S. The van der Waals surface area contributed by atoms with Gasteiger partial charge in [0.25, 0.3) is 5.91 Å². The third-order valence-electron chi connectivity index (χ3n) is 2.58. The number of carboxylic acids is 1. The van der Waals surface area contributed by atoms with Crippen LogP contribution in [0.5, 0.6) is 0 Å². The van der Waals surface area contributed by atoms with Crippen LogP contribution in [0.3, 0.4) is 0 Å². The normalized spacial score (nSPS) is 12.9. The van der Waals surface area contributed by atoms with Crippen LogP contribution in [-0.2, 0) is 21.7 Å². The maximum Gasteiger partial charge on any atom is 0.326 e. The molecule has 0 radical (unpaired) electrons. The number of rotatable bonds is 6. The number of nitrogens with one attached hydrogen (secondary N) is 1. The lowest BCUT2D eigenvalue weighted by Gasteiger charge is -2.14. The number of halogens is 1. The number of carbonyl (C=O) groups is 2. The average molecular weight is 367 g/mol. The minimum atomic E-state index is -3.28. The molecule has 1 aromatic rings. The zero-order valence-corrected chi connectivity index (χ0v) is 13.4. The van der Waals surface area contributed by atoms with Gasteiger partial charge in [-0.05, 0) is 28.4 Å². The molecule has 1 atom stereocenters. The number of amides is 1. The van der Waals surface area contributed by atoms with Crippen LogP contribution < -0.4 is 5.32 Å². The number of hydrogen-bond donors (Lipinski definition) is 2. The van der Waals surface area contributed by atoms with Crippen molar-refractivity contribution < 1.29 is 23.1 Å². The molecule has 0 bridgehead atoms. The van der Waals surface area contributed by atoms with Crippen molar-refractivity contribution in [1.29, 1.82) is 0 Å². The molecule has 1 aromatic heterocycles. The molecule has 0 saturated heterocycles. The summed E-state index contributed by atoms with van der Waals surface area (Å²) in [7, 11) is -1.64. The number of aryl methyl sites for hydroxylation is 1. The van der Waals surface area contributed by atoms with Crippen molar-refractivity contribution in [3.05, 3.63) is 22.4 Å². The van der Waals surface area contributed by atoms with Gasteiger partial charge in [0, 0.05) is 24.0 Å². The summed E-state index contributed by atoms with van der Waals surface area (Å²) in [4.78, 5) is 23.0. The van der Waals surface area contributed by atoms with E-state index in [1.165, 1.54) is 4.57 Å². The van der Waals surface area contributed by atoms with Gasteiger partial charge in [0.05, 0.1) is 5.75 Å². The van der Waals surface area contributed by atoms with Gasteiger partial charge in [0.15, 0.2) is 0 Å². The van der Waals surface area contributed by atoms with Gasteiger partial charge in [-0.15, -0.1) is 0 Å². The number of carboxylic acid groups (broad SMARTS) is 1. The van der Waals surface area contributed by atoms with Gasteiger partial charge in [-0.2, -0.15) is 0 Å². The van der Waals surface area contributed by atoms with Gasteiger partial charge >= 0.3 is 5.97 Å². The fourth-order valence-corrected chi connectivity index (χ4v) is 2.76. The molecule has 2 N–H and O–H groups in total. The second kappa shape index (κ2) is 6.40. The van der Waals surface area contributed by atoms with Crippen LogP contribution in [0.25, 0.3) is 0 Å². The first-order valence-corrected chi connectivity index (χ1v) is 8.49. The number of hydrogen-bond acceptors (Lipinski definition) is 4. The maximum absolute atomic E-state index is 12.0. The van der Waals surface area contributed by atoms with Crippen LogP contribution >= 0.6 is 15.9 Å². The van der Waals surface area contributed by atoms with E-state index >= 15 is 0 Å². The van der Waals surface area contributed by atoms with Crippen LogP contribution in [-0.4, -0.2) is 48.0 Å². The van der Waals surface area contributed by atoms with Gasteiger partial charge in [-0.25, -0.2) is 13.2 Å². The zero-order valence-electron chi connectivity index (χ0n) is 11.0. The monoisotopic (exact) mass is 366 g/mol. The van der Waals surface area contributed by atoms with Gasteiger partial charge in [0.2, 0.25) is 0 Å². The van der Waals surface area contributed by atoms with Crippen LogP contribution in [0, 0.1) is 0 Å². The number of carbonyl (C=O) groups excluding carboxylic acids is 1. The van der Waals surface area contributed by atoms with Crippen molar-refractivity contribution in [3.63, 3.8) is 0 Å². The van der Waals surface area contributed by atoms with Gasteiger partial charge < -0.3 is 15.0 Å². The highest BCUT2D eigenvalue weighted by Gasteiger charge is 2.23. The highest BCUT2D eigenvalue weighted by atomic mass is 79.9. The fraction of sp³-hybridized carbons (Fsp3) is 0.455. The quantitative estimate of drug-likeness (QED) is 0.758. The van der Waals surface area contributed by atoms with Crippen LogP contribution in [0.15, 0.2) is 16.7 Å². The van der Waals surface area contributed by atoms with Gasteiger partial charge in [-0.1, -0.05) is 0 Å². The topological polar surface area (TPSA) is 105 Å². The molecule has 1 heterocycles. The molecule has 0 fully saturated rings. The van der Waals surface area contributed by atoms with Crippen molar-refractivity contribution in [3.8, 4) is 0 Å². The smallest absolute Gasteiger partial charge is 0.326 e. The van der Waals surface area contributed by atoms with Crippen LogP contribution in [0.4, 0.5) is 0 Å². The summed E-state index contributed by atoms with van der Waals surface area (Å²) < 4.78 is 24.3. The summed E-state index contributed by atoms with van der Waals surface area (Å²) in [6, 6.07) is 0.302. The minimum Gasteiger partial charge on any atom is -0.480 e. The Morgan fingerprint density at radius 3 is 2.50 bits per heavy atom. The molecular weight excluding hydrogens is 352 g/mol. The Morgan fingerprint density at radius 1 is 1.50 bits per heavy atom. The molecule has 9 heteroatoms. The molecule has 0 aliphatic heterocycles. The minimum absolute atomic E-state index is 0.175. The number of nitrogens with zero attached hydrogens (tertiary/aromatic N) is 1. The Labute approximate surface area is 125 Å². The average Bonchev–Trinajstić information content (AvgIpc) is 2.61. The molecule has 0 aliphatic carbocycles. The lowest BCUT2D eigenvalue weighted by molar-refractivity contribution is -0.139. The summed E-state index contributed by atoms with van der Waals surface area (Å²) in [6.07, 6.45) is 2.49. The SMILES string of the molecule is Cn1cc(Br)cc1C(=O)NC(CCS(C)(=O)=O)C(=O)O. The number of sulfone groups is 1. The Bertz CT molecular complexity index is 623. The van der Waals surface area contributed by atoms with Crippen molar-refractivity contribution in [2.24, 2.45) is 7.05 Å². The van der Waals surface area contributed by atoms with Crippen molar-refractivity contribution in [2.75, 3.05) is 12.0 Å². The van der Waals surface area contributed by atoms with Crippen LogP contribution in [0.1, 0.15) is 16.9 Å². The van der Waals surface area contributed by atoms with E-state index in [-0.39, 0.29) is 17.9 Å². The predicted octanol–water partition coefficient (Wildman–Crippen LogP) is 0.405. The van der Waals surface area contributed by atoms with E-state index < -0.39 is 27.8 Å². The van der Waals surface area contributed by atoms with E-state index in [2.05, 4.69) is 21.2 Å². The second-order valence-corrected chi connectivity index (χ2v) is 7.61. The molecule has 0 aromatic carbocycles. The highest BCUT2D eigenvalue weighted by Crippen LogP contribution is 2.13. The Balaban J connectivity index is 2.78. The lowest BCUT2D eigenvalue weighted by Crippen LogP contribution is -2.42. The van der Waals surface area contributed by atoms with Crippen molar-refractivity contribution >= 4 is 37.6 Å².